The van der Waals surface area contributed by atoms with Crippen LogP contribution in [0.4, 0.5) is 0 Å². The smallest absolute Gasteiger partial charge is 0.306 e. The van der Waals surface area contributed by atoms with E-state index in [4.69, 9.17) is 9.47 Å². The second-order valence-electron chi connectivity index (χ2n) is 4.78. The number of hydrogen-bond donors (Lipinski definition) is 0. The van der Waals surface area contributed by atoms with Gasteiger partial charge in [0.15, 0.2) is 0 Å². The lowest BCUT2D eigenvalue weighted by atomic mass is 10.2. The second kappa shape index (κ2) is 9.00. The van der Waals surface area contributed by atoms with Crippen LogP contribution in [0.3, 0.4) is 0 Å². The molecule has 1 rings (SSSR count). The number of esters is 1. The Balaban J connectivity index is 2.23. The molecule has 0 atom stereocenters. The minimum Gasteiger partial charge on any atom is -0.492 e. The Morgan fingerprint density at radius 3 is 2.43 bits per heavy atom. The summed E-state index contributed by atoms with van der Waals surface area (Å²) in [6, 6.07) is 7.75. The maximum absolute atomic E-state index is 11.8. The molecule has 1 aromatic carbocycles. The van der Waals surface area contributed by atoms with Crippen molar-refractivity contribution in [3.8, 4) is 5.75 Å². The fourth-order valence-corrected chi connectivity index (χ4v) is 1.69. The van der Waals surface area contributed by atoms with Crippen molar-refractivity contribution in [2.75, 3.05) is 26.8 Å². The highest BCUT2D eigenvalue weighted by Crippen LogP contribution is 2.11. The number of hydrogen-bond acceptors (Lipinski definition) is 4. The fraction of sp³-hybridized carbons (Fsp3) is 0.500. The van der Waals surface area contributed by atoms with Crippen molar-refractivity contribution < 1.29 is 19.1 Å². The lowest BCUT2D eigenvalue weighted by Gasteiger charge is -2.17. The molecule has 0 aliphatic rings. The van der Waals surface area contributed by atoms with Crippen molar-refractivity contribution in [3.05, 3.63) is 29.8 Å². The quantitative estimate of drug-likeness (QED) is 0.689. The molecule has 5 heteroatoms. The molecular weight excluding hydrogens is 270 g/mol. The van der Waals surface area contributed by atoms with E-state index in [1.54, 1.807) is 18.9 Å². The van der Waals surface area contributed by atoms with Gasteiger partial charge in [-0.3, -0.25) is 9.59 Å². The van der Waals surface area contributed by atoms with Gasteiger partial charge < -0.3 is 14.4 Å². The zero-order chi connectivity index (χ0) is 15.7. The second-order valence-corrected chi connectivity index (χ2v) is 4.78. The highest BCUT2D eigenvalue weighted by molar-refractivity contribution is 5.81. The zero-order valence-electron chi connectivity index (χ0n) is 12.9. The van der Waals surface area contributed by atoms with Gasteiger partial charge in [-0.1, -0.05) is 17.7 Å². The molecule has 0 aliphatic heterocycles. The molecule has 1 amide bonds. The normalized spacial score (nSPS) is 10.0. The van der Waals surface area contributed by atoms with Gasteiger partial charge in [0.2, 0.25) is 5.91 Å². The summed E-state index contributed by atoms with van der Waals surface area (Å²) in [5.74, 6) is 0.360. The van der Waals surface area contributed by atoms with E-state index in [0.717, 1.165) is 5.75 Å². The number of carbonyl (C=O) groups excluding carboxylic acids is 2. The Labute approximate surface area is 125 Å². The average molecular weight is 293 g/mol. The lowest BCUT2D eigenvalue weighted by Crippen LogP contribution is -2.31. The molecule has 0 saturated heterocycles. The molecule has 0 radical (unpaired) electrons. The summed E-state index contributed by atoms with van der Waals surface area (Å²) in [7, 11) is 1.70. The first-order valence-electron chi connectivity index (χ1n) is 7.12. The summed E-state index contributed by atoms with van der Waals surface area (Å²) >= 11 is 0. The van der Waals surface area contributed by atoms with Crippen LogP contribution < -0.4 is 4.74 Å². The number of rotatable bonds is 8. The molecule has 0 N–H and O–H groups in total. The first kappa shape index (κ1) is 17.0. The molecule has 0 saturated carbocycles. The van der Waals surface area contributed by atoms with Crippen molar-refractivity contribution in [1.29, 1.82) is 0 Å². The van der Waals surface area contributed by atoms with E-state index in [9.17, 15) is 9.59 Å². The molecule has 0 heterocycles. The van der Waals surface area contributed by atoms with Gasteiger partial charge >= 0.3 is 5.97 Å². The van der Waals surface area contributed by atoms with E-state index < -0.39 is 0 Å². The summed E-state index contributed by atoms with van der Waals surface area (Å²) in [4.78, 5) is 24.5. The van der Waals surface area contributed by atoms with Crippen LogP contribution in [-0.4, -0.2) is 43.6 Å². The predicted octanol–water partition coefficient (Wildman–Crippen LogP) is 2.18. The molecule has 0 bridgehead atoms. The van der Waals surface area contributed by atoms with E-state index >= 15 is 0 Å². The maximum atomic E-state index is 11.8. The monoisotopic (exact) mass is 293 g/mol. The number of amides is 1. The Bertz CT molecular complexity index is 456. The van der Waals surface area contributed by atoms with Crippen LogP contribution in [0.2, 0.25) is 0 Å². The topological polar surface area (TPSA) is 55.8 Å². The number of nitrogens with zero attached hydrogens (tertiary/aromatic N) is 1. The number of carbonyl (C=O) groups is 2. The zero-order valence-corrected chi connectivity index (χ0v) is 12.9. The Kier molecular flexibility index (Phi) is 7.29. The molecule has 116 valence electrons. The third-order valence-electron chi connectivity index (χ3n) is 2.99. The number of aryl methyl sites for hydroxylation is 1. The van der Waals surface area contributed by atoms with Gasteiger partial charge in [0.1, 0.15) is 12.4 Å². The van der Waals surface area contributed by atoms with Gasteiger partial charge in [0.05, 0.1) is 19.6 Å². The summed E-state index contributed by atoms with van der Waals surface area (Å²) in [5, 5.41) is 0. The van der Waals surface area contributed by atoms with Crippen molar-refractivity contribution >= 4 is 11.9 Å². The molecule has 21 heavy (non-hydrogen) atoms. The molecule has 5 nitrogen and oxygen atoms in total. The van der Waals surface area contributed by atoms with Crippen molar-refractivity contribution in [1.82, 2.24) is 4.90 Å². The van der Waals surface area contributed by atoms with Crippen LogP contribution in [-0.2, 0) is 14.3 Å². The predicted molar refractivity (Wildman–Crippen MR) is 80.2 cm³/mol. The van der Waals surface area contributed by atoms with Crippen molar-refractivity contribution in [2.24, 2.45) is 0 Å². The Hall–Kier alpha value is -2.04. The molecule has 0 fully saturated rings. The van der Waals surface area contributed by atoms with E-state index in [1.165, 1.54) is 5.56 Å². The molecule has 0 unspecified atom stereocenters. The Morgan fingerprint density at radius 1 is 1.14 bits per heavy atom. The summed E-state index contributed by atoms with van der Waals surface area (Å²) in [6.07, 6.45) is 0.287. The SMILES string of the molecule is CCOC(=O)CCC(=O)N(C)CCOc1ccc(C)cc1. The lowest BCUT2D eigenvalue weighted by molar-refractivity contribution is -0.145. The standard InChI is InChI=1S/C16H23NO4/c1-4-20-16(19)10-9-15(18)17(3)11-12-21-14-7-5-13(2)6-8-14/h5-8H,4,9-12H2,1-3H3. The van der Waals surface area contributed by atoms with Crippen LogP contribution in [0.15, 0.2) is 24.3 Å². The third-order valence-corrected chi connectivity index (χ3v) is 2.99. The van der Waals surface area contributed by atoms with Gasteiger partial charge in [0, 0.05) is 13.5 Å². The first-order chi connectivity index (χ1) is 10.0. The summed E-state index contributed by atoms with van der Waals surface area (Å²) in [6.45, 7) is 5.00. The highest BCUT2D eigenvalue weighted by Gasteiger charge is 2.11. The largest absolute Gasteiger partial charge is 0.492 e. The summed E-state index contributed by atoms with van der Waals surface area (Å²) < 4.78 is 10.3. The van der Waals surface area contributed by atoms with Crippen molar-refractivity contribution in [2.45, 2.75) is 26.7 Å². The third kappa shape index (κ3) is 6.79. The van der Waals surface area contributed by atoms with E-state index in [2.05, 4.69) is 0 Å². The number of likely N-dealkylation sites (N-methyl/N-ethyl adjacent to an activating group) is 1. The first-order valence-corrected chi connectivity index (χ1v) is 7.12. The molecular formula is C16H23NO4. The average Bonchev–Trinajstić information content (AvgIpc) is 2.47. The number of benzene rings is 1. The minimum atomic E-state index is -0.338. The maximum Gasteiger partial charge on any atom is 0.306 e. The summed E-state index contributed by atoms with van der Waals surface area (Å²) in [5.41, 5.74) is 1.17. The van der Waals surface area contributed by atoms with Gasteiger partial charge in [-0.05, 0) is 26.0 Å². The van der Waals surface area contributed by atoms with E-state index in [0.29, 0.717) is 19.8 Å². The minimum absolute atomic E-state index is 0.0874. The van der Waals surface area contributed by atoms with Crippen LogP contribution in [0.25, 0.3) is 0 Å². The fourth-order valence-electron chi connectivity index (χ4n) is 1.69. The molecule has 0 spiro atoms. The highest BCUT2D eigenvalue weighted by atomic mass is 16.5. The van der Waals surface area contributed by atoms with Gasteiger partial charge in [-0.25, -0.2) is 0 Å². The molecule has 0 aromatic heterocycles. The van der Waals surface area contributed by atoms with Gasteiger partial charge in [0.25, 0.3) is 0 Å². The van der Waals surface area contributed by atoms with E-state index in [1.807, 2.05) is 31.2 Å². The number of ether oxygens (including phenoxy) is 2. The Morgan fingerprint density at radius 2 is 1.81 bits per heavy atom. The van der Waals surface area contributed by atoms with Gasteiger partial charge in [-0.15, -0.1) is 0 Å². The van der Waals surface area contributed by atoms with Crippen LogP contribution in [0.1, 0.15) is 25.3 Å². The van der Waals surface area contributed by atoms with Crippen LogP contribution in [0, 0.1) is 6.92 Å². The van der Waals surface area contributed by atoms with Crippen LogP contribution >= 0.6 is 0 Å². The van der Waals surface area contributed by atoms with Gasteiger partial charge in [-0.2, -0.15) is 0 Å². The molecule has 0 aliphatic carbocycles. The van der Waals surface area contributed by atoms with E-state index in [-0.39, 0.29) is 24.7 Å². The van der Waals surface area contributed by atoms with Crippen molar-refractivity contribution in [3.63, 3.8) is 0 Å². The van der Waals surface area contributed by atoms with Crippen LogP contribution in [0.5, 0.6) is 5.75 Å². The molecule has 1 aromatic rings.